The van der Waals surface area contributed by atoms with Crippen molar-refractivity contribution in [3.8, 4) is 11.8 Å². The number of carbonyl (C=O) groups is 1. The second-order valence-electron chi connectivity index (χ2n) is 7.37. The van der Waals surface area contributed by atoms with Crippen LogP contribution in [0.2, 0.25) is 0 Å². The second-order valence-corrected chi connectivity index (χ2v) is 7.37. The minimum Gasteiger partial charge on any atom is -0.491 e. The first-order valence-corrected chi connectivity index (χ1v) is 10.2. The van der Waals surface area contributed by atoms with Crippen LogP contribution < -0.4 is 10.1 Å². The maximum Gasteiger partial charge on any atom is 0.256 e. The van der Waals surface area contributed by atoms with Crippen LogP contribution in [0.15, 0.2) is 18.2 Å². The number of hydrogen-bond acceptors (Lipinski definition) is 4. The fourth-order valence-corrected chi connectivity index (χ4v) is 3.38. The second kappa shape index (κ2) is 10.3. The number of nitrogens with one attached hydrogen (secondary N) is 1. The third-order valence-electron chi connectivity index (χ3n) is 5.18. The van der Waals surface area contributed by atoms with E-state index in [4.69, 9.17) is 9.47 Å². The van der Waals surface area contributed by atoms with E-state index < -0.39 is 5.60 Å². The molecule has 1 aliphatic rings. The quantitative estimate of drug-likeness (QED) is 0.637. The van der Waals surface area contributed by atoms with Crippen LogP contribution in [0.5, 0.6) is 5.75 Å². The van der Waals surface area contributed by atoms with Crippen LogP contribution >= 0.6 is 0 Å². The summed E-state index contributed by atoms with van der Waals surface area (Å²) in [6.45, 7) is 6.65. The molecule has 148 valence electrons. The zero-order chi connectivity index (χ0) is 19.7. The molecule has 5 heteroatoms. The first-order chi connectivity index (χ1) is 13.0. The summed E-state index contributed by atoms with van der Waals surface area (Å²) in [4.78, 5) is 13.1. The predicted octanol–water partition coefficient (Wildman–Crippen LogP) is 5.19. The van der Waals surface area contributed by atoms with Gasteiger partial charge in [-0.3, -0.25) is 4.79 Å². The van der Waals surface area contributed by atoms with Gasteiger partial charge in [-0.05, 0) is 44.7 Å². The van der Waals surface area contributed by atoms with E-state index in [0.29, 0.717) is 23.6 Å². The maximum absolute atomic E-state index is 13.1. The Morgan fingerprint density at radius 3 is 2.56 bits per heavy atom. The van der Waals surface area contributed by atoms with Crippen LogP contribution in [0, 0.1) is 11.3 Å². The predicted molar refractivity (Wildman–Crippen MR) is 107 cm³/mol. The topological polar surface area (TPSA) is 71.3 Å². The average molecular weight is 373 g/mol. The highest BCUT2D eigenvalue weighted by Crippen LogP contribution is 2.33. The normalized spacial score (nSPS) is 17.4. The molecular weight excluding hydrogens is 340 g/mol. The lowest BCUT2D eigenvalue weighted by Gasteiger charge is -2.31. The average Bonchev–Trinajstić information content (AvgIpc) is 2.94. The van der Waals surface area contributed by atoms with E-state index in [-0.39, 0.29) is 12.0 Å². The van der Waals surface area contributed by atoms with Crippen molar-refractivity contribution < 1.29 is 14.3 Å². The van der Waals surface area contributed by atoms with Gasteiger partial charge in [0.1, 0.15) is 17.4 Å². The number of carbonyl (C=O) groups excluding carboxylic acids is 1. The van der Waals surface area contributed by atoms with Crippen molar-refractivity contribution >= 4 is 11.6 Å². The summed E-state index contributed by atoms with van der Waals surface area (Å²) < 4.78 is 11.9. The molecule has 0 bridgehead atoms. The summed E-state index contributed by atoms with van der Waals surface area (Å²) >= 11 is 0. The smallest absolute Gasteiger partial charge is 0.256 e. The van der Waals surface area contributed by atoms with Crippen LogP contribution in [0.3, 0.4) is 0 Å². The number of nitrogens with zero attached hydrogens (tertiary/aromatic N) is 1. The number of nitriles is 1. The number of ether oxygens (including phenoxy) is 2. The van der Waals surface area contributed by atoms with Crippen molar-refractivity contribution in [1.29, 1.82) is 5.26 Å². The van der Waals surface area contributed by atoms with Crippen molar-refractivity contribution in [2.75, 3.05) is 11.9 Å². The zero-order valence-electron chi connectivity index (χ0n) is 16.8. The van der Waals surface area contributed by atoms with Gasteiger partial charge in [0, 0.05) is 12.7 Å². The first kappa shape index (κ1) is 21.2. The van der Waals surface area contributed by atoms with E-state index in [2.05, 4.69) is 11.4 Å². The van der Waals surface area contributed by atoms with Crippen molar-refractivity contribution in [3.05, 3.63) is 23.8 Å². The Hall–Kier alpha value is -2.06. The Labute approximate surface area is 163 Å². The van der Waals surface area contributed by atoms with Gasteiger partial charge < -0.3 is 14.8 Å². The van der Waals surface area contributed by atoms with Gasteiger partial charge in [-0.1, -0.05) is 39.5 Å². The third kappa shape index (κ3) is 5.71. The molecule has 1 atom stereocenters. The summed E-state index contributed by atoms with van der Waals surface area (Å²) in [5.41, 5.74) is 0.136. The first-order valence-electron chi connectivity index (χ1n) is 10.2. The summed E-state index contributed by atoms with van der Waals surface area (Å²) in [6.07, 6.45) is 7.55. The Balaban J connectivity index is 2.19. The van der Waals surface area contributed by atoms with Crippen LogP contribution in [0.25, 0.3) is 0 Å². The standard InChI is InChI=1S/C22H32N2O3/c1-4-14-26-22(12-8-6-7-9-13-22)21(25)24-20-11-10-19(15-18(20)16-23)27-17(3)5-2/h10-11,15,17H,4-9,12-14H2,1-3H3,(H,24,25)/t17-/m1/s1. The number of hydrogen-bond donors (Lipinski definition) is 1. The number of anilines is 1. The SMILES string of the molecule is CCCOC1(C(=O)Nc2ccc(O[C@H](C)CC)cc2C#N)CCCCCC1. The highest BCUT2D eigenvalue weighted by Gasteiger charge is 2.39. The van der Waals surface area contributed by atoms with E-state index in [9.17, 15) is 10.1 Å². The van der Waals surface area contributed by atoms with Gasteiger partial charge in [-0.25, -0.2) is 0 Å². The van der Waals surface area contributed by atoms with E-state index in [1.165, 1.54) is 0 Å². The number of benzene rings is 1. The maximum atomic E-state index is 13.1. The molecule has 0 radical (unpaired) electrons. The van der Waals surface area contributed by atoms with Gasteiger partial charge in [-0.15, -0.1) is 0 Å². The minimum absolute atomic E-state index is 0.0775. The number of amides is 1. The van der Waals surface area contributed by atoms with Crippen molar-refractivity contribution in [2.24, 2.45) is 0 Å². The van der Waals surface area contributed by atoms with Gasteiger partial charge in [0.05, 0.1) is 17.4 Å². The molecule has 5 nitrogen and oxygen atoms in total. The van der Waals surface area contributed by atoms with Gasteiger partial charge in [0.25, 0.3) is 5.91 Å². The molecule has 0 spiro atoms. The van der Waals surface area contributed by atoms with Crippen molar-refractivity contribution in [2.45, 2.75) is 83.8 Å². The summed E-state index contributed by atoms with van der Waals surface area (Å²) in [6, 6.07) is 7.41. The van der Waals surface area contributed by atoms with E-state index in [1.807, 2.05) is 20.8 Å². The van der Waals surface area contributed by atoms with Gasteiger partial charge in [0.15, 0.2) is 0 Å². The fraction of sp³-hybridized carbons (Fsp3) is 0.636. The minimum atomic E-state index is -0.787. The fourth-order valence-electron chi connectivity index (χ4n) is 3.38. The lowest BCUT2D eigenvalue weighted by atomic mass is 9.92. The lowest BCUT2D eigenvalue weighted by Crippen LogP contribution is -2.45. The molecule has 1 aromatic carbocycles. The molecule has 1 fully saturated rings. The zero-order valence-corrected chi connectivity index (χ0v) is 16.8. The Morgan fingerprint density at radius 1 is 1.26 bits per heavy atom. The largest absolute Gasteiger partial charge is 0.491 e. The van der Waals surface area contributed by atoms with Gasteiger partial charge in [0.2, 0.25) is 0 Å². The van der Waals surface area contributed by atoms with E-state index in [0.717, 1.165) is 51.4 Å². The Kier molecular flexibility index (Phi) is 8.12. The summed E-state index contributed by atoms with van der Waals surface area (Å²) in [7, 11) is 0. The van der Waals surface area contributed by atoms with E-state index in [1.54, 1.807) is 18.2 Å². The molecule has 27 heavy (non-hydrogen) atoms. The molecule has 0 aromatic heterocycles. The molecule has 2 rings (SSSR count). The number of rotatable bonds is 8. The molecular formula is C22H32N2O3. The summed E-state index contributed by atoms with van der Waals surface area (Å²) in [5.74, 6) is 0.509. The molecule has 0 saturated heterocycles. The van der Waals surface area contributed by atoms with Gasteiger partial charge in [-0.2, -0.15) is 5.26 Å². The van der Waals surface area contributed by atoms with Crippen molar-refractivity contribution in [3.63, 3.8) is 0 Å². The molecule has 1 saturated carbocycles. The molecule has 0 unspecified atom stereocenters. The third-order valence-corrected chi connectivity index (χ3v) is 5.18. The lowest BCUT2D eigenvalue weighted by molar-refractivity contribution is -0.143. The molecule has 1 aliphatic carbocycles. The molecule has 1 N–H and O–H groups in total. The Morgan fingerprint density at radius 2 is 1.96 bits per heavy atom. The molecule has 1 amide bonds. The molecule has 0 aliphatic heterocycles. The summed E-state index contributed by atoms with van der Waals surface area (Å²) in [5, 5.41) is 12.5. The van der Waals surface area contributed by atoms with E-state index >= 15 is 0 Å². The van der Waals surface area contributed by atoms with Crippen LogP contribution in [0.4, 0.5) is 5.69 Å². The molecule has 0 heterocycles. The highest BCUT2D eigenvalue weighted by molar-refractivity contribution is 5.98. The van der Waals surface area contributed by atoms with Gasteiger partial charge >= 0.3 is 0 Å². The molecule has 1 aromatic rings. The van der Waals surface area contributed by atoms with Crippen LogP contribution in [-0.2, 0) is 9.53 Å². The van der Waals surface area contributed by atoms with Crippen LogP contribution in [0.1, 0.15) is 77.7 Å². The van der Waals surface area contributed by atoms with Crippen molar-refractivity contribution in [1.82, 2.24) is 0 Å². The highest BCUT2D eigenvalue weighted by atomic mass is 16.5. The Bertz CT molecular complexity index is 658. The van der Waals surface area contributed by atoms with Crippen LogP contribution in [-0.4, -0.2) is 24.2 Å². The monoisotopic (exact) mass is 372 g/mol.